The van der Waals surface area contributed by atoms with Crippen molar-refractivity contribution in [3.05, 3.63) is 65.1 Å². The first kappa shape index (κ1) is 23.4. The van der Waals surface area contributed by atoms with E-state index < -0.39 is 10.4 Å². The fraction of sp³-hybridized carbons (Fsp3) is 0.417. The maximum Gasteiger partial charge on any atom is 0.347 e. The molecule has 4 rings (SSSR count). The summed E-state index contributed by atoms with van der Waals surface area (Å²) in [7, 11) is -1.69. The zero-order chi connectivity index (χ0) is 23.4. The monoisotopic (exact) mass is 469 g/mol. The minimum atomic E-state index is -3.50. The number of hydrogen-bond acceptors (Lipinski definition) is 5. The Bertz CT molecular complexity index is 1140. The van der Waals surface area contributed by atoms with Crippen LogP contribution in [0.1, 0.15) is 41.8 Å². The molecular formula is C24H33N6O2S+. The van der Waals surface area contributed by atoms with Gasteiger partial charge in [0.1, 0.15) is 11.5 Å². The number of nitrogens with one attached hydrogen (secondary N) is 2. The number of piperidine rings is 1. The first-order valence-electron chi connectivity index (χ1n) is 11.4. The van der Waals surface area contributed by atoms with Crippen molar-refractivity contribution >= 4 is 21.9 Å². The molecule has 33 heavy (non-hydrogen) atoms. The molecule has 3 heterocycles. The highest BCUT2D eigenvalue weighted by Gasteiger charge is 2.32. The van der Waals surface area contributed by atoms with Gasteiger partial charge in [-0.3, -0.25) is 9.58 Å². The van der Waals surface area contributed by atoms with Crippen molar-refractivity contribution in [1.82, 2.24) is 19.7 Å². The number of likely N-dealkylation sites (tertiary alicyclic amines) is 1. The second-order valence-electron chi connectivity index (χ2n) is 8.69. The Morgan fingerprint density at radius 3 is 2.52 bits per heavy atom. The zero-order valence-electron chi connectivity index (χ0n) is 19.5. The highest BCUT2D eigenvalue weighted by atomic mass is 32.3. The number of pyridine rings is 1. The largest absolute Gasteiger partial charge is 0.366 e. The Labute approximate surface area is 196 Å². The van der Waals surface area contributed by atoms with Crippen LogP contribution in [0.15, 0.2) is 47.5 Å². The Kier molecular flexibility index (Phi) is 7.11. The predicted octanol–water partition coefficient (Wildman–Crippen LogP) is 4.39. The van der Waals surface area contributed by atoms with Gasteiger partial charge in [0, 0.05) is 26.2 Å². The molecule has 1 aliphatic heterocycles. The number of hydrogen-bond donors (Lipinski definition) is 3. The van der Waals surface area contributed by atoms with E-state index in [9.17, 15) is 8.76 Å². The summed E-state index contributed by atoms with van der Waals surface area (Å²) in [4.78, 5) is 7.09. The molecular weight excluding hydrogens is 436 g/mol. The second kappa shape index (κ2) is 10.0. The molecule has 1 aromatic carbocycles. The van der Waals surface area contributed by atoms with E-state index >= 15 is 0 Å². The SMILES string of the molecule is Cc1nn(C)c(C)c1N[S+](=O)(O)c1ccc(NCc2cccc(CN3CCCCC3)c2)nc1. The molecule has 2 aromatic heterocycles. The summed E-state index contributed by atoms with van der Waals surface area (Å²) in [6.45, 7) is 7.65. The van der Waals surface area contributed by atoms with Crippen molar-refractivity contribution in [3.63, 3.8) is 0 Å². The van der Waals surface area contributed by atoms with Gasteiger partial charge >= 0.3 is 10.4 Å². The smallest absolute Gasteiger partial charge is 0.347 e. The van der Waals surface area contributed by atoms with E-state index in [0.29, 0.717) is 23.7 Å². The molecule has 1 saturated heterocycles. The van der Waals surface area contributed by atoms with Crippen LogP contribution in [0.5, 0.6) is 0 Å². The molecule has 0 saturated carbocycles. The molecule has 0 spiro atoms. The van der Waals surface area contributed by atoms with Crippen LogP contribution in [0.4, 0.5) is 11.5 Å². The Morgan fingerprint density at radius 1 is 1.09 bits per heavy atom. The van der Waals surface area contributed by atoms with Gasteiger partial charge in [-0.05, 0) is 61.2 Å². The number of anilines is 2. The molecule has 1 unspecified atom stereocenters. The van der Waals surface area contributed by atoms with E-state index in [1.807, 2.05) is 6.92 Å². The molecule has 0 bridgehead atoms. The lowest BCUT2D eigenvalue weighted by atomic mass is 10.1. The van der Waals surface area contributed by atoms with E-state index in [1.165, 1.54) is 49.7 Å². The van der Waals surface area contributed by atoms with E-state index in [4.69, 9.17) is 0 Å². The van der Waals surface area contributed by atoms with Crippen molar-refractivity contribution in [2.24, 2.45) is 7.05 Å². The van der Waals surface area contributed by atoms with Crippen molar-refractivity contribution in [2.75, 3.05) is 23.1 Å². The van der Waals surface area contributed by atoms with Crippen LogP contribution in [0.3, 0.4) is 0 Å². The molecule has 1 atom stereocenters. The average Bonchev–Trinajstić information content (AvgIpc) is 3.04. The molecule has 3 aromatic rings. The van der Waals surface area contributed by atoms with Crippen LogP contribution in [0, 0.1) is 13.8 Å². The zero-order valence-corrected chi connectivity index (χ0v) is 20.4. The fourth-order valence-electron chi connectivity index (χ4n) is 4.17. The van der Waals surface area contributed by atoms with Gasteiger partial charge in [-0.1, -0.05) is 30.7 Å². The first-order chi connectivity index (χ1) is 15.8. The maximum absolute atomic E-state index is 12.9. The average molecular weight is 470 g/mol. The van der Waals surface area contributed by atoms with Gasteiger partial charge in [0.05, 0.1) is 17.6 Å². The summed E-state index contributed by atoms with van der Waals surface area (Å²) in [5, 5.41) is 7.59. The van der Waals surface area contributed by atoms with Gasteiger partial charge in [0.15, 0.2) is 0 Å². The van der Waals surface area contributed by atoms with Gasteiger partial charge in [0.25, 0.3) is 0 Å². The summed E-state index contributed by atoms with van der Waals surface area (Å²) >= 11 is 0. The lowest BCUT2D eigenvalue weighted by molar-refractivity contribution is 0.221. The van der Waals surface area contributed by atoms with Crippen molar-refractivity contribution < 1.29 is 8.76 Å². The van der Waals surface area contributed by atoms with Crippen LogP contribution in [-0.4, -0.2) is 37.3 Å². The number of aromatic nitrogens is 3. The van der Waals surface area contributed by atoms with Crippen LogP contribution in [0.2, 0.25) is 0 Å². The van der Waals surface area contributed by atoms with Gasteiger partial charge in [-0.2, -0.15) is 14.4 Å². The second-order valence-corrected chi connectivity index (χ2v) is 10.4. The lowest BCUT2D eigenvalue weighted by Gasteiger charge is -2.26. The third-order valence-electron chi connectivity index (χ3n) is 6.13. The van der Waals surface area contributed by atoms with Crippen molar-refractivity contribution in [1.29, 1.82) is 0 Å². The summed E-state index contributed by atoms with van der Waals surface area (Å²) in [6, 6.07) is 12.0. The van der Waals surface area contributed by atoms with Gasteiger partial charge in [0.2, 0.25) is 4.90 Å². The topological polar surface area (TPSA) is 95.3 Å². The number of aryl methyl sites for hydroxylation is 2. The molecule has 8 nitrogen and oxygen atoms in total. The Morgan fingerprint density at radius 2 is 1.85 bits per heavy atom. The van der Waals surface area contributed by atoms with E-state index in [2.05, 4.69) is 49.3 Å². The minimum Gasteiger partial charge on any atom is -0.366 e. The van der Waals surface area contributed by atoms with Crippen LogP contribution < -0.4 is 10.0 Å². The molecule has 1 aliphatic rings. The Hall–Kier alpha value is -2.75. The van der Waals surface area contributed by atoms with Crippen molar-refractivity contribution in [3.8, 4) is 0 Å². The number of nitrogens with zero attached hydrogens (tertiary/aromatic N) is 4. The van der Waals surface area contributed by atoms with Gasteiger partial charge in [-0.25, -0.2) is 4.98 Å². The third-order valence-corrected chi connectivity index (χ3v) is 7.49. The van der Waals surface area contributed by atoms with Gasteiger partial charge in [-0.15, -0.1) is 0 Å². The molecule has 176 valence electrons. The summed E-state index contributed by atoms with van der Waals surface area (Å²) < 4.78 is 27.9. The first-order valence-corrected chi connectivity index (χ1v) is 12.9. The molecule has 9 heteroatoms. The quantitative estimate of drug-likeness (QED) is 0.424. The fourth-order valence-corrected chi connectivity index (χ4v) is 5.31. The van der Waals surface area contributed by atoms with Crippen molar-refractivity contribution in [2.45, 2.75) is 51.1 Å². The van der Waals surface area contributed by atoms with E-state index in [1.54, 1.807) is 30.8 Å². The standard InChI is InChI=1S/C24H32N6O2S/c1-18-24(19(2)29(3)27-18)28-33(31,32)22-10-11-23(26-16-22)25-15-20-8-7-9-21(14-20)17-30-12-5-4-6-13-30/h7-11,14,16H,4-6,12-13,15,17H2,1-3H3,(H2-,25,26,28,31,32)/p+1. The predicted molar refractivity (Wildman–Crippen MR) is 132 cm³/mol. The lowest BCUT2D eigenvalue weighted by Crippen LogP contribution is -2.29. The Balaban J connectivity index is 1.36. The molecule has 0 aliphatic carbocycles. The van der Waals surface area contributed by atoms with Crippen LogP contribution in [-0.2, 0) is 34.7 Å². The maximum atomic E-state index is 12.9. The molecule has 0 radical (unpaired) electrons. The van der Waals surface area contributed by atoms with Crippen LogP contribution in [0.25, 0.3) is 0 Å². The number of rotatable bonds is 8. The minimum absolute atomic E-state index is 0.222. The van der Waals surface area contributed by atoms with E-state index in [0.717, 1.165) is 12.2 Å². The summed E-state index contributed by atoms with van der Waals surface area (Å²) in [5.41, 5.74) is 4.54. The summed E-state index contributed by atoms with van der Waals surface area (Å²) in [5.74, 6) is 0.657. The third kappa shape index (κ3) is 5.79. The highest BCUT2D eigenvalue weighted by molar-refractivity contribution is 7.99. The summed E-state index contributed by atoms with van der Waals surface area (Å²) in [6.07, 6.45) is 5.36. The normalized spacial score (nSPS) is 16.4. The van der Waals surface area contributed by atoms with E-state index in [-0.39, 0.29) is 4.90 Å². The molecule has 1 fully saturated rings. The highest BCUT2D eigenvalue weighted by Crippen LogP contribution is 2.25. The molecule has 0 amide bonds. The van der Waals surface area contributed by atoms with Gasteiger partial charge < -0.3 is 5.32 Å². The number of benzene rings is 1. The van der Waals surface area contributed by atoms with Crippen LogP contribution >= 0.6 is 0 Å². The molecule has 3 N–H and O–H groups in total.